The Bertz CT molecular complexity index is 747. The molecule has 0 saturated carbocycles. The molecule has 2 aromatic rings. The van der Waals surface area contributed by atoms with Gasteiger partial charge in [0.1, 0.15) is 0 Å². The number of hydrogen-bond donors (Lipinski definition) is 1. The van der Waals surface area contributed by atoms with E-state index in [4.69, 9.17) is 4.74 Å². The molecule has 0 heterocycles. The Kier molecular flexibility index (Phi) is 7.16. The molecule has 140 valence electrons. The van der Waals surface area contributed by atoms with E-state index >= 15 is 0 Å². The summed E-state index contributed by atoms with van der Waals surface area (Å²) >= 11 is 0. The smallest absolute Gasteiger partial charge is 0.238 e. The van der Waals surface area contributed by atoms with Crippen LogP contribution in [0.3, 0.4) is 0 Å². The van der Waals surface area contributed by atoms with Gasteiger partial charge in [-0.2, -0.15) is 0 Å². The van der Waals surface area contributed by atoms with Crippen molar-refractivity contribution in [3.05, 3.63) is 59.4 Å². The molecule has 0 radical (unpaired) electrons. The molecule has 2 rings (SSSR count). The highest BCUT2D eigenvalue weighted by atomic mass is 19.1. The average molecular weight is 358 g/mol. The van der Waals surface area contributed by atoms with Crippen LogP contribution in [-0.2, 0) is 11.3 Å². The predicted molar refractivity (Wildman–Crippen MR) is 103 cm³/mol. The average Bonchev–Trinajstić information content (AvgIpc) is 2.61. The van der Waals surface area contributed by atoms with E-state index in [1.165, 1.54) is 13.2 Å². The molecule has 0 unspecified atom stereocenters. The van der Waals surface area contributed by atoms with Gasteiger partial charge in [-0.15, -0.1) is 0 Å². The van der Waals surface area contributed by atoms with Crippen LogP contribution in [0.4, 0.5) is 10.1 Å². The SMILES string of the molecule is CCN(CC(=O)Nc1ccccc1C(C)C)Cc1ccc(OC)c(F)c1. The van der Waals surface area contributed by atoms with Crippen molar-refractivity contribution < 1.29 is 13.9 Å². The standard InChI is InChI=1S/C21H27FN2O2/c1-5-24(13-16-10-11-20(26-4)18(22)12-16)14-21(25)23-19-9-7-6-8-17(19)15(2)3/h6-12,15H,5,13-14H2,1-4H3,(H,23,25). The molecule has 0 fully saturated rings. The molecule has 0 atom stereocenters. The number of halogens is 1. The van der Waals surface area contributed by atoms with Gasteiger partial charge in [-0.05, 0) is 41.8 Å². The van der Waals surface area contributed by atoms with Gasteiger partial charge < -0.3 is 10.1 Å². The van der Waals surface area contributed by atoms with Gasteiger partial charge in [-0.1, -0.05) is 45.0 Å². The van der Waals surface area contributed by atoms with Crippen molar-refractivity contribution in [2.45, 2.75) is 33.2 Å². The number of carbonyl (C=O) groups is 1. The van der Waals surface area contributed by atoms with Crippen LogP contribution >= 0.6 is 0 Å². The van der Waals surface area contributed by atoms with Gasteiger partial charge >= 0.3 is 0 Å². The minimum absolute atomic E-state index is 0.0751. The van der Waals surface area contributed by atoms with Gasteiger partial charge in [-0.25, -0.2) is 4.39 Å². The monoisotopic (exact) mass is 358 g/mol. The van der Waals surface area contributed by atoms with Crippen molar-refractivity contribution in [3.8, 4) is 5.75 Å². The normalized spacial score (nSPS) is 11.0. The van der Waals surface area contributed by atoms with Crippen LogP contribution < -0.4 is 10.1 Å². The number of likely N-dealkylation sites (N-methyl/N-ethyl adjacent to an activating group) is 1. The Balaban J connectivity index is 2.01. The van der Waals surface area contributed by atoms with E-state index < -0.39 is 5.82 Å². The first kappa shape index (κ1) is 19.9. The summed E-state index contributed by atoms with van der Waals surface area (Å²) in [6, 6.07) is 12.7. The summed E-state index contributed by atoms with van der Waals surface area (Å²) in [6.07, 6.45) is 0. The lowest BCUT2D eigenvalue weighted by molar-refractivity contribution is -0.117. The Labute approximate surface area is 155 Å². The minimum atomic E-state index is -0.392. The molecule has 4 nitrogen and oxygen atoms in total. The molecule has 0 aromatic heterocycles. The third-order valence-corrected chi connectivity index (χ3v) is 4.29. The van der Waals surface area contributed by atoms with Crippen LogP contribution in [0.1, 0.15) is 37.8 Å². The number of ether oxygens (including phenoxy) is 1. The fourth-order valence-electron chi connectivity index (χ4n) is 2.85. The number of para-hydroxylation sites is 1. The fourth-order valence-corrected chi connectivity index (χ4v) is 2.85. The topological polar surface area (TPSA) is 41.6 Å². The van der Waals surface area contributed by atoms with Crippen LogP contribution in [0.5, 0.6) is 5.75 Å². The summed E-state index contributed by atoms with van der Waals surface area (Å²) in [4.78, 5) is 14.4. The lowest BCUT2D eigenvalue weighted by Crippen LogP contribution is -2.33. The zero-order chi connectivity index (χ0) is 19.1. The highest BCUT2D eigenvalue weighted by Crippen LogP contribution is 2.23. The number of methoxy groups -OCH3 is 1. The molecule has 1 amide bonds. The lowest BCUT2D eigenvalue weighted by atomic mass is 10.0. The van der Waals surface area contributed by atoms with Gasteiger partial charge in [0.25, 0.3) is 0 Å². The highest BCUT2D eigenvalue weighted by molar-refractivity contribution is 5.93. The second kappa shape index (κ2) is 9.34. The number of anilines is 1. The van der Waals surface area contributed by atoms with E-state index in [1.807, 2.05) is 42.2 Å². The van der Waals surface area contributed by atoms with Crippen LogP contribution in [0.25, 0.3) is 0 Å². The second-order valence-electron chi connectivity index (χ2n) is 6.56. The first-order valence-corrected chi connectivity index (χ1v) is 8.88. The second-order valence-corrected chi connectivity index (χ2v) is 6.56. The zero-order valence-electron chi connectivity index (χ0n) is 15.9. The number of rotatable bonds is 8. The Hall–Kier alpha value is -2.40. The Morgan fingerprint density at radius 2 is 1.96 bits per heavy atom. The number of nitrogens with zero attached hydrogens (tertiary/aromatic N) is 1. The predicted octanol–water partition coefficient (Wildman–Crippen LogP) is 4.42. The van der Waals surface area contributed by atoms with Crippen molar-refractivity contribution in [2.75, 3.05) is 25.5 Å². The van der Waals surface area contributed by atoms with Crippen molar-refractivity contribution in [2.24, 2.45) is 0 Å². The molecule has 0 spiro atoms. The molecule has 0 aliphatic carbocycles. The quantitative estimate of drug-likeness (QED) is 0.759. The summed E-state index contributed by atoms with van der Waals surface area (Å²) < 4.78 is 18.8. The van der Waals surface area contributed by atoms with Gasteiger partial charge in [0.05, 0.1) is 13.7 Å². The van der Waals surface area contributed by atoms with E-state index in [1.54, 1.807) is 6.07 Å². The minimum Gasteiger partial charge on any atom is -0.494 e. The maximum Gasteiger partial charge on any atom is 0.238 e. The summed E-state index contributed by atoms with van der Waals surface area (Å²) in [6.45, 7) is 7.61. The van der Waals surface area contributed by atoms with E-state index in [0.717, 1.165) is 16.8 Å². The molecule has 2 aromatic carbocycles. The molecule has 0 aliphatic rings. The van der Waals surface area contributed by atoms with Crippen LogP contribution in [0, 0.1) is 5.82 Å². The van der Waals surface area contributed by atoms with Crippen molar-refractivity contribution in [3.63, 3.8) is 0 Å². The number of carbonyl (C=O) groups excluding carboxylic acids is 1. The molecular formula is C21H27FN2O2. The number of amides is 1. The lowest BCUT2D eigenvalue weighted by Gasteiger charge is -2.21. The molecule has 0 saturated heterocycles. The summed E-state index contributed by atoms with van der Waals surface area (Å²) in [7, 11) is 1.44. The van der Waals surface area contributed by atoms with Crippen LogP contribution in [0.2, 0.25) is 0 Å². The van der Waals surface area contributed by atoms with Crippen LogP contribution in [0.15, 0.2) is 42.5 Å². The van der Waals surface area contributed by atoms with Gasteiger partial charge in [0.2, 0.25) is 5.91 Å². The molecule has 26 heavy (non-hydrogen) atoms. The third kappa shape index (κ3) is 5.30. The summed E-state index contributed by atoms with van der Waals surface area (Å²) in [5.74, 6) is 0.0844. The maximum atomic E-state index is 13.9. The molecule has 1 N–H and O–H groups in total. The molecule has 0 aliphatic heterocycles. The first-order chi connectivity index (χ1) is 12.4. The summed E-state index contributed by atoms with van der Waals surface area (Å²) in [5, 5.41) is 3.00. The van der Waals surface area contributed by atoms with Crippen molar-refractivity contribution in [1.29, 1.82) is 0 Å². The summed E-state index contributed by atoms with van der Waals surface area (Å²) in [5.41, 5.74) is 2.76. The fraction of sp³-hybridized carbons (Fsp3) is 0.381. The van der Waals surface area contributed by atoms with Crippen molar-refractivity contribution >= 4 is 11.6 Å². The highest BCUT2D eigenvalue weighted by Gasteiger charge is 2.13. The van der Waals surface area contributed by atoms with Gasteiger partial charge in [-0.3, -0.25) is 9.69 Å². The number of nitrogens with one attached hydrogen (secondary N) is 1. The van der Waals surface area contributed by atoms with Gasteiger partial charge in [0, 0.05) is 12.2 Å². The Morgan fingerprint density at radius 3 is 2.58 bits per heavy atom. The van der Waals surface area contributed by atoms with Crippen molar-refractivity contribution in [1.82, 2.24) is 4.90 Å². The van der Waals surface area contributed by atoms with E-state index in [2.05, 4.69) is 19.2 Å². The number of hydrogen-bond acceptors (Lipinski definition) is 3. The Morgan fingerprint density at radius 1 is 1.23 bits per heavy atom. The largest absolute Gasteiger partial charge is 0.494 e. The van der Waals surface area contributed by atoms with E-state index in [0.29, 0.717) is 19.0 Å². The molecule has 5 heteroatoms. The van der Waals surface area contributed by atoms with Gasteiger partial charge in [0.15, 0.2) is 11.6 Å². The third-order valence-electron chi connectivity index (χ3n) is 4.29. The van der Waals surface area contributed by atoms with E-state index in [9.17, 15) is 9.18 Å². The first-order valence-electron chi connectivity index (χ1n) is 8.88. The number of benzene rings is 2. The molecule has 0 bridgehead atoms. The van der Waals surface area contributed by atoms with E-state index in [-0.39, 0.29) is 18.2 Å². The van der Waals surface area contributed by atoms with Crippen LogP contribution in [-0.4, -0.2) is 31.0 Å². The molecular weight excluding hydrogens is 331 g/mol. The maximum absolute atomic E-state index is 13.9. The zero-order valence-corrected chi connectivity index (χ0v) is 15.9.